The molecule has 0 spiro atoms. The summed E-state index contributed by atoms with van der Waals surface area (Å²) in [5.41, 5.74) is 0.748. The zero-order valence-corrected chi connectivity index (χ0v) is 14.5. The van der Waals surface area contributed by atoms with Gasteiger partial charge in [0.15, 0.2) is 0 Å². The molecule has 138 valence electrons. The Morgan fingerprint density at radius 1 is 1.12 bits per heavy atom. The highest BCUT2D eigenvalue weighted by Crippen LogP contribution is 2.22. The largest absolute Gasteiger partial charge is 0.494 e. The Labute approximate surface area is 151 Å². The monoisotopic (exact) mass is 359 g/mol. The van der Waals surface area contributed by atoms with Gasteiger partial charge in [-0.25, -0.2) is 4.39 Å². The van der Waals surface area contributed by atoms with Crippen LogP contribution in [-0.4, -0.2) is 23.6 Å². The minimum absolute atomic E-state index is 0.205. The van der Waals surface area contributed by atoms with E-state index in [0.717, 1.165) is 5.56 Å². The molecule has 6 heteroatoms. The first-order valence-corrected chi connectivity index (χ1v) is 8.43. The average Bonchev–Trinajstić information content (AvgIpc) is 2.65. The summed E-state index contributed by atoms with van der Waals surface area (Å²) >= 11 is 0. The van der Waals surface area contributed by atoms with E-state index in [9.17, 15) is 19.1 Å². The third-order valence-electron chi connectivity index (χ3n) is 4.00. The molecule has 0 fully saturated rings. The highest BCUT2D eigenvalue weighted by molar-refractivity contribution is 5.78. The van der Waals surface area contributed by atoms with Crippen LogP contribution in [0.2, 0.25) is 0 Å². The van der Waals surface area contributed by atoms with Gasteiger partial charge in [-0.1, -0.05) is 30.3 Å². The highest BCUT2D eigenvalue weighted by atomic mass is 19.1. The lowest BCUT2D eigenvalue weighted by Crippen LogP contribution is -2.35. The molecule has 0 aliphatic carbocycles. The Morgan fingerprint density at radius 3 is 2.38 bits per heavy atom. The van der Waals surface area contributed by atoms with Crippen LogP contribution in [0.1, 0.15) is 31.4 Å². The standard InChI is InChI=1S/C20H22FNO4/c1-14(20(24)25)19(15-6-3-2-4-7-15)22-18(23)8-5-13-26-17-11-9-16(21)10-12-17/h2-4,6-7,9-12,14,19H,5,8,13H2,1H3,(H,22,23)(H,24,25). The second-order valence-electron chi connectivity index (χ2n) is 5.99. The Kier molecular flexibility index (Phi) is 7.14. The molecule has 0 bridgehead atoms. The third kappa shape index (κ3) is 5.88. The minimum Gasteiger partial charge on any atom is -0.494 e. The van der Waals surface area contributed by atoms with Crippen LogP contribution in [0.15, 0.2) is 54.6 Å². The van der Waals surface area contributed by atoms with E-state index in [4.69, 9.17) is 4.74 Å². The molecule has 0 radical (unpaired) electrons. The summed E-state index contributed by atoms with van der Waals surface area (Å²) < 4.78 is 18.3. The van der Waals surface area contributed by atoms with Gasteiger partial charge in [-0.2, -0.15) is 0 Å². The van der Waals surface area contributed by atoms with Gasteiger partial charge in [-0.15, -0.1) is 0 Å². The van der Waals surface area contributed by atoms with Gasteiger partial charge in [-0.05, 0) is 43.2 Å². The number of carbonyl (C=O) groups excluding carboxylic acids is 1. The highest BCUT2D eigenvalue weighted by Gasteiger charge is 2.26. The molecule has 2 rings (SSSR count). The van der Waals surface area contributed by atoms with Gasteiger partial charge >= 0.3 is 5.97 Å². The smallest absolute Gasteiger partial charge is 0.308 e. The van der Waals surface area contributed by atoms with Crippen molar-refractivity contribution in [2.45, 2.75) is 25.8 Å². The molecule has 2 atom stereocenters. The number of nitrogens with one attached hydrogen (secondary N) is 1. The molecule has 1 amide bonds. The molecule has 0 saturated heterocycles. The number of rotatable bonds is 9. The Hall–Kier alpha value is -2.89. The van der Waals surface area contributed by atoms with Crippen molar-refractivity contribution in [1.82, 2.24) is 5.32 Å². The van der Waals surface area contributed by atoms with Crippen molar-refractivity contribution in [3.8, 4) is 5.75 Å². The molecule has 0 aromatic heterocycles. The molecule has 2 aromatic carbocycles. The normalized spacial score (nSPS) is 12.8. The summed E-state index contributed by atoms with van der Waals surface area (Å²) in [6, 6.07) is 14.1. The van der Waals surface area contributed by atoms with Gasteiger partial charge in [0, 0.05) is 6.42 Å². The molecule has 0 aliphatic rings. The topological polar surface area (TPSA) is 75.6 Å². The van der Waals surface area contributed by atoms with Crippen molar-refractivity contribution in [2.24, 2.45) is 5.92 Å². The van der Waals surface area contributed by atoms with Crippen LogP contribution >= 0.6 is 0 Å². The Balaban J connectivity index is 1.85. The lowest BCUT2D eigenvalue weighted by atomic mass is 9.94. The van der Waals surface area contributed by atoms with Crippen LogP contribution in [0, 0.1) is 11.7 Å². The van der Waals surface area contributed by atoms with E-state index in [0.29, 0.717) is 18.8 Å². The number of aliphatic carboxylic acids is 1. The number of carbonyl (C=O) groups is 2. The Morgan fingerprint density at radius 2 is 1.77 bits per heavy atom. The molecule has 0 aliphatic heterocycles. The number of halogens is 1. The first kappa shape index (κ1) is 19.4. The van der Waals surface area contributed by atoms with Crippen molar-refractivity contribution in [3.05, 3.63) is 66.0 Å². The van der Waals surface area contributed by atoms with Crippen LogP contribution < -0.4 is 10.1 Å². The molecule has 0 heterocycles. The molecule has 26 heavy (non-hydrogen) atoms. The number of ether oxygens (including phenoxy) is 1. The molecule has 0 saturated carbocycles. The molecule has 2 N–H and O–H groups in total. The molecule has 2 unspecified atom stereocenters. The maximum Gasteiger partial charge on any atom is 0.308 e. The van der Waals surface area contributed by atoms with E-state index >= 15 is 0 Å². The Bertz CT molecular complexity index is 718. The predicted molar refractivity (Wildman–Crippen MR) is 95.3 cm³/mol. The van der Waals surface area contributed by atoms with Crippen molar-refractivity contribution in [2.75, 3.05) is 6.61 Å². The fourth-order valence-corrected chi connectivity index (χ4v) is 2.50. The summed E-state index contributed by atoms with van der Waals surface area (Å²) in [5.74, 6) is -1.77. The van der Waals surface area contributed by atoms with E-state index in [1.807, 2.05) is 6.07 Å². The maximum atomic E-state index is 12.8. The van der Waals surface area contributed by atoms with E-state index in [-0.39, 0.29) is 18.1 Å². The summed E-state index contributed by atoms with van der Waals surface area (Å²) in [6.07, 6.45) is 0.670. The zero-order valence-electron chi connectivity index (χ0n) is 14.5. The van der Waals surface area contributed by atoms with E-state index in [1.54, 1.807) is 31.2 Å². The lowest BCUT2D eigenvalue weighted by molar-refractivity contribution is -0.142. The molecular formula is C20H22FNO4. The van der Waals surface area contributed by atoms with Crippen LogP contribution in [0.3, 0.4) is 0 Å². The number of carboxylic acid groups (broad SMARTS) is 1. The number of benzene rings is 2. The molecule has 5 nitrogen and oxygen atoms in total. The molecule has 2 aromatic rings. The van der Waals surface area contributed by atoms with E-state index < -0.39 is 17.9 Å². The average molecular weight is 359 g/mol. The van der Waals surface area contributed by atoms with Crippen LogP contribution in [0.5, 0.6) is 5.75 Å². The summed E-state index contributed by atoms with van der Waals surface area (Å²) in [5, 5.41) is 12.1. The van der Waals surface area contributed by atoms with Crippen molar-refractivity contribution >= 4 is 11.9 Å². The summed E-state index contributed by atoms with van der Waals surface area (Å²) in [7, 11) is 0. The molecular weight excluding hydrogens is 337 g/mol. The number of amides is 1. The maximum absolute atomic E-state index is 12.8. The van der Waals surface area contributed by atoms with Gasteiger partial charge in [0.2, 0.25) is 5.91 Å². The second-order valence-corrected chi connectivity index (χ2v) is 5.99. The fourth-order valence-electron chi connectivity index (χ4n) is 2.50. The van der Waals surface area contributed by atoms with Gasteiger partial charge in [0.05, 0.1) is 18.6 Å². The minimum atomic E-state index is -0.973. The zero-order chi connectivity index (χ0) is 18.9. The van der Waals surface area contributed by atoms with E-state index in [1.165, 1.54) is 24.3 Å². The van der Waals surface area contributed by atoms with Gasteiger partial charge in [-0.3, -0.25) is 9.59 Å². The summed E-state index contributed by atoms with van der Waals surface area (Å²) in [4.78, 5) is 23.5. The van der Waals surface area contributed by atoms with Crippen LogP contribution in [-0.2, 0) is 9.59 Å². The van der Waals surface area contributed by atoms with Crippen molar-refractivity contribution in [3.63, 3.8) is 0 Å². The quantitative estimate of drug-likeness (QED) is 0.671. The SMILES string of the molecule is CC(C(=O)O)C(NC(=O)CCCOc1ccc(F)cc1)c1ccccc1. The number of carboxylic acids is 1. The van der Waals surface area contributed by atoms with Crippen LogP contribution in [0.4, 0.5) is 4.39 Å². The first-order valence-electron chi connectivity index (χ1n) is 8.43. The predicted octanol–water partition coefficient (Wildman–Crippen LogP) is 3.56. The lowest BCUT2D eigenvalue weighted by Gasteiger charge is -2.23. The van der Waals surface area contributed by atoms with E-state index in [2.05, 4.69) is 5.32 Å². The fraction of sp³-hybridized carbons (Fsp3) is 0.300. The van der Waals surface area contributed by atoms with Gasteiger partial charge in [0.25, 0.3) is 0 Å². The first-order chi connectivity index (χ1) is 12.5. The second kappa shape index (κ2) is 9.56. The summed E-state index contributed by atoms with van der Waals surface area (Å²) in [6.45, 7) is 1.88. The van der Waals surface area contributed by atoms with Gasteiger partial charge in [0.1, 0.15) is 11.6 Å². The third-order valence-corrected chi connectivity index (χ3v) is 4.00. The number of hydrogen-bond donors (Lipinski definition) is 2. The van der Waals surface area contributed by atoms with Crippen molar-refractivity contribution in [1.29, 1.82) is 0 Å². The van der Waals surface area contributed by atoms with Gasteiger partial charge < -0.3 is 15.2 Å². The van der Waals surface area contributed by atoms with Crippen LogP contribution in [0.25, 0.3) is 0 Å². The van der Waals surface area contributed by atoms with Crippen molar-refractivity contribution < 1.29 is 23.8 Å². The number of hydrogen-bond acceptors (Lipinski definition) is 3.